The number of aliphatic hydroxyl groups is 2. The van der Waals surface area contributed by atoms with E-state index in [1.165, 1.54) is 31.2 Å². The van der Waals surface area contributed by atoms with Crippen LogP contribution < -0.4 is 10.6 Å². The van der Waals surface area contributed by atoms with Gasteiger partial charge in [0.25, 0.3) is 0 Å². The van der Waals surface area contributed by atoms with Gasteiger partial charge in [-0.2, -0.15) is 0 Å². The highest BCUT2D eigenvalue weighted by Crippen LogP contribution is 2.47. The summed E-state index contributed by atoms with van der Waals surface area (Å²) in [5.41, 5.74) is 0.647. The fourth-order valence-electron chi connectivity index (χ4n) is 7.61. The van der Waals surface area contributed by atoms with Crippen LogP contribution >= 0.6 is 0 Å². The average molecular weight is 897 g/mol. The van der Waals surface area contributed by atoms with E-state index in [1.54, 1.807) is 52.8 Å². The first kappa shape index (κ1) is 48.3. The number of carbonyl (C=O) groups excluding carboxylic acids is 6. The minimum Gasteiger partial charge on any atom is -0.462 e. The Morgan fingerprint density at radius 2 is 1.52 bits per heavy atom. The number of ether oxygens (including phenoxy) is 6. The Labute approximate surface area is 377 Å². The quantitative estimate of drug-likeness (QED) is 0.0900. The predicted octanol–water partition coefficient (Wildman–Crippen LogP) is 4.20. The first-order valence-electron chi connectivity index (χ1n) is 21.4. The predicted molar refractivity (Wildman–Crippen MR) is 233 cm³/mol. The van der Waals surface area contributed by atoms with Crippen LogP contribution in [-0.4, -0.2) is 107 Å². The third-order valence-corrected chi connectivity index (χ3v) is 11.0. The van der Waals surface area contributed by atoms with Crippen molar-refractivity contribution < 1.29 is 67.4 Å². The molecule has 0 aromatic heterocycles. The molecule has 0 radical (unpaired) electrons. The van der Waals surface area contributed by atoms with E-state index >= 15 is 0 Å². The van der Waals surface area contributed by atoms with E-state index in [-0.39, 0.29) is 37.0 Å². The van der Waals surface area contributed by atoms with E-state index in [0.717, 1.165) is 0 Å². The second-order valence-corrected chi connectivity index (χ2v) is 17.9. The highest BCUT2D eigenvalue weighted by molar-refractivity contribution is 5.98. The van der Waals surface area contributed by atoms with Crippen molar-refractivity contribution in [3.05, 3.63) is 125 Å². The maximum absolute atomic E-state index is 14.1. The van der Waals surface area contributed by atoms with Crippen LogP contribution in [0, 0.1) is 5.41 Å². The Morgan fingerprint density at radius 1 is 0.892 bits per heavy atom. The van der Waals surface area contributed by atoms with E-state index in [0.29, 0.717) is 16.7 Å². The largest absolute Gasteiger partial charge is 0.462 e. The number of hydrogen-bond acceptors (Lipinski definition) is 14. The molecule has 3 aliphatic rings. The third-order valence-electron chi connectivity index (χ3n) is 11.0. The number of cyclic esters (lactones) is 1. The molecule has 2 heterocycles. The summed E-state index contributed by atoms with van der Waals surface area (Å²) >= 11 is 0. The van der Waals surface area contributed by atoms with Crippen LogP contribution in [0.15, 0.2) is 103 Å². The van der Waals surface area contributed by atoms with Gasteiger partial charge in [-0.15, -0.1) is 0 Å². The van der Waals surface area contributed by atoms with Crippen LogP contribution in [-0.2, 0) is 58.2 Å². The molecule has 65 heavy (non-hydrogen) atoms. The monoisotopic (exact) mass is 896 g/mol. The summed E-state index contributed by atoms with van der Waals surface area (Å²) in [5, 5.41) is 25.9. The molecular weight excluding hydrogens is 841 g/mol. The summed E-state index contributed by atoms with van der Waals surface area (Å²) in [6, 6.07) is 22.1. The van der Waals surface area contributed by atoms with Gasteiger partial charge < -0.3 is 49.3 Å². The number of hydrogen-bond donors (Lipinski definition) is 4. The maximum atomic E-state index is 14.1. The fourth-order valence-corrected chi connectivity index (χ4v) is 7.61. The zero-order valence-electron chi connectivity index (χ0n) is 37.2. The van der Waals surface area contributed by atoms with E-state index in [4.69, 9.17) is 28.4 Å². The number of rotatable bonds is 16. The van der Waals surface area contributed by atoms with E-state index in [2.05, 4.69) is 10.6 Å². The molecule has 2 fully saturated rings. The molecule has 2 amide bonds. The van der Waals surface area contributed by atoms with Crippen molar-refractivity contribution in [1.82, 2.24) is 10.6 Å². The van der Waals surface area contributed by atoms with Crippen LogP contribution in [0.2, 0.25) is 0 Å². The Balaban J connectivity index is 1.21. The van der Waals surface area contributed by atoms with Gasteiger partial charge in [-0.3, -0.25) is 14.4 Å². The zero-order chi connectivity index (χ0) is 47.1. The van der Waals surface area contributed by atoms with Crippen molar-refractivity contribution >= 4 is 41.8 Å². The fraction of sp³-hybridized carbons (Fsp3) is 0.429. The first-order valence-corrected chi connectivity index (χ1v) is 21.4. The molecule has 6 rings (SSSR count). The van der Waals surface area contributed by atoms with Crippen LogP contribution in [0.3, 0.4) is 0 Å². The molecule has 2 saturated heterocycles. The smallest absolute Gasteiger partial charge is 0.348 e. The number of amides is 2. The lowest BCUT2D eigenvalue weighted by Crippen LogP contribution is -2.55. The number of aliphatic hydroxyl groups excluding tert-OH is 2. The molecule has 0 bridgehead atoms. The average Bonchev–Trinajstić information content (AvgIpc) is 3.80. The van der Waals surface area contributed by atoms with Gasteiger partial charge in [0.2, 0.25) is 23.7 Å². The summed E-state index contributed by atoms with van der Waals surface area (Å²) in [6.45, 7) is 9.61. The van der Waals surface area contributed by atoms with Crippen LogP contribution in [0.1, 0.15) is 87.9 Å². The van der Waals surface area contributed by atoms with Gasteiger partial charge in [0, 0.05) is 41.0 Å². The van der Waals surface area contributed by atoms with Crippen molar-refractivity contribution in [2.24, 2.45) is 5.41 Å². The van der Waals surface area contributed by atoms with Crippen molar-refractivity contribution in [2.45, 2.75) is 115 Å². The molecule has 0 spiro atoms. The van der Waals surface area contributed by atoms with Gasteiger partial charge in [-0.1, -0.05) is 86.6 Å². The summed E-state index contributed by atoms with van der Waals surface area (Å²) in [5.74, 6) is -5.68. The minimum absolute atomic E-state index is 0.0350. The van der Waals surface area contributed by atoms with Gasteiger partial charge in [-0.05, 0) is 64.0 Å². The van der Waals surface area contributed by atoms with Gasteiger partial charge in [0.1, 0.15) is 36.6 Å². The molecule has 16 heteroatoms. The number of fused-ring (bicyclic) bond motifs is 1. The van der Waals surface area contributed by atoms with Gasteiger partial charge in [-0.25, -0.2) is 14.4 Å². The van der Waals surface area contributed by atoms with Crippen LogP contribution in [0.5, 0.6) is 0 Å². The lowest BCUT2D eigenvalue weighted by Gasteiger charge is -2.32. The van der Waals surface area contributed by atoms with E-state index in [9.17, 15) is 39.0 Å². The second kappa shape index (κ2) is 20.3. The van der Waals surface area contributed by atoms with Crippen LogP contribution in [0.25, 0.3) is 6.08 Å². The molecule has 2 aliphatic heterocycles. The van der Waals surface area contributed by atoms with Gasteiger partial charge >= 0.3 is 23.9 Å². The van der Waals surface area contributed by atoms with Gasteiger partial charge in [0.15, 0.2) is 0 Å². The molecule has 16 nitrogen and oxygen atoms in total. The first-order chi connectivity index (χ1) is 30.8. The Morgan fingerprint density at radius 3 is 2.08 bits per heavy atom. The normalized spacial score (nSPS) is 22.3. The van der Waals surface area contributed by atoms with Crippen molar-refractivity contribution in [3.63, 3.8) is 0 Å². The molecule has 346 valence electrons. The Kier molecular flexibility index (Phi) is 15.1. The van der Waals surface area contributed by atoms with E-state index in [1.807, 2.05) is 60.7 Å². The number of esters is 4. The second-order valence-electron chi connectivity index (χ2n) is 17.9. The zero-order valence-corrected chi connectivity index (χ0v) is 37.2. The highest BCUT2D eigenvalue weighted by Gasteiger charge is 2.55. The third kappa shape index (κ3) is 11.9. The minimum atomic E-state index is -1.49. The summed E-state index contributed by atoms with van der Waals surface area (Å²) in [6.07, 6.45) is -1.50. The Hall–Kier alpha value is -6.20. The van der Waals surface area contributed by atoms with Crippen molar-refractivity contribution in [1.29, 1.82) is 0 Å². The Bertz CT molecular complexity index is 2230. The number of benzene rings is 3. The topological polar surface area (TPSA) is 222 Å². The molecule has 7 atom stereocenters. The number of carbonyl (C=O) groups is 6. The standard InChI is InChI=1S/C49H56N2O14/c1-29(53)40(44(57)50-35(27-52)22-24-39(55)64-47(2,3)4)51-43(56)32-25-36(41-37(26-32)63-49(65-41,33-13-9-7-10-14-33)34-15-11-8-12-16-34)61-45(58)31-20-17-30(18-21-31)19-23-38(54)62-42-46(59)60-28-48(42,5)6/h7-21,23,26,29,35-37,40-42,52-53H,22,24-25,27-28H2,1-6H3,(H,50,57)(H,51,56)/t29-,35-,36+,37+,40+,41-,42-/m0/s1. The molecule has 3 aromatic rings. The van der Waals surface area contributed by atoms with E-state index < -0.39 is 102 Å². The molecule has 0 saturated carbocycles. The lowest BCUT2D eigenvalue weighted by molar-refractivity contribution is -0.159. The maximum Gasteiger partial charge on any atom is 0.348 e. The molecule has 1 aliphatic carbocycles. The highest BCUT2D eigenvalue weighted by atomic mass is 16.8. The molecule has 3 aromatic carbocycles. The summed E-state index contributed by atoms with van der Waals surface area (Å²) < 4.78 is 35.4. The summed E-state index contributed by atoms with van der Waals surface area (Å²) in [4.78, 5) is 78.4. The van der Waals surface area contributed by atoms with Crippen molar-refractivity contribution in [2.75, 3.05) is 13.2 Å². The summed E-state index contributed by atoms with van der Waals surface area (Å²) in [7, 11) is 0. The van der Waals surface area contributed by atoms with Crippen LogP contribution in [0.4, 0.5) is 0 Å². The molecular formula is C49H56N2O14. The lowest BCUT2D eigenvalue weighted by atomic mass is 9.90. The van der Waals surface area contributed by atoms with Crippen molar-refractivity contribution in [3.8, 4) is 0 Å². The number of nitrogens with one attached hydrogen (secondary N) is 2. The molecule has 4 N–H and O–H groups in total. The SMILES string of the molecule is C[C@H](O)[C@@H](NC(=O)C1=C[C@H]2OC(c3ccccc3)(c3ccccc3)O[C@H]2[C@H](OC(=O)c2ccc(C=CC(=O)O[C@H]3C(=O)OCC3(C)C)cc2)C1)C(=O)N[C@H](CO)CCC(=O)OC(C)(C)C. The molecule has 0 unspecified atom stereocenters. The van der Waals surface area contributed by atoms with Gasteiger partial charge in [0.05, 0.1) is 24.3 Å².